The zero-order valence-electron chi connectivity index (χ0n) is 10.4. The molecule has 3 heterocycles. The molecule has 3 rings (SSSR count). The number of nitro groups is 1. The zero-order chi connectivity index (χ0) is 13.4. The molecule has 2 unspecified atom stereocenters. The summed E-state index contributed by atoms with van der Waals surface area (Å²) in [6, 6.07) is 1.53. The molecule has 102 valence electrons. The molecule has 0 radical (unpaired) electrons. The van der Waals surface area contributed by atoms with E-state index >= 15 is 0 Å². The number of anilines is 1. The van der Waals surface area contributed by atoms with Gasteiger partial charge in [-0.2, -0.15) is 0 Å². The van der Waals surface area contributed by atoms with Crippen LogP contribution in [-0.2, 0) is 0 Å². The first kappa shape index (κ1) is 12.8. The molecule has 0 aliphatic carbocycles. The number of piperidine rings is 1. The third-order valence-electron chi connectivity index (χ3n) is 4.02. The lowest BCUT2D eigenvalue weighted by atomic mass is 9.89. The van der Waals surface area contributed by atoms with E-state index in [1.54, 1.807) is 0 Å². The van der Waals surface area contributed by atoms with Crippen LogP contribution in [0.3, 0.4) is 0 Å². The Morgan fingerprint density at radius 2 is 2.26 bits per heavy atom. The van der Waals surface area contributed by atoms with Crippen LogP contribution in [0.5, 0.6) is 0 Å². The number of fused-ring (bicyclic) bond motifs is 1. The van der Waals surface area contributed by atoms with Crippen molar-refractivity contribution in [3.8, 4) is 0 Å². The lowest BCUT2D eigenvalue weighted by Crippen LogP contribution is -2.40. The summed E-state index contributed by atoms with van der Waals surface area (Å²) in [6.07, 6.45) is 2.49. The summed E-state index contributed by atoms with van der Waals surface area (Å²) in [4.78, 5) is 16.8. The maximum atomic E-state index is 10.7. The predicted molar refractivity (Wildman–Crippen MR) is 75.3 cm³/mol. The van der Waals surface area contributed by atoms with E-state index in [2.05, 4.69) is 31.1 Å². The first-order chi connectivity index (χ1) is 9.15. The van der Waals surface area contributed by atoms with Gasteiger partial charge in [-0.05, 0) is 47.3 Å². The summed E-state index contributed by atoms with van der Waals surface area (Å²) < 4.78 is 0.700. The van der Waals surface area contributed by atoms with E-state index in [0.29, 0.717) is 10.4 Å². The highest BCUT2D eigenvalue weighted by Crippen LogP contribution is 2.33. The van der Waals surface area contributed by atoms with Crippen molar-refractivity contribution in [1.82, 2.24) is 10.3 Å². The highest BCUT2D eigenvalue weighted by molar-refractivity contribution is 9.10. The molecule has 6 nitrogen and oxygen atoms in total. The van der Waals surface area contributed by atoms with Gasteiger partial charge < -0.3 is 10.2 Å². The number of hydrogen-bond acceptors (Lipinski definition) is 5. The van der Waals surface area contributed by atoms with Crippen LogP contribution in [0.1, 0.15) is 6.42 Å². The van der Waals surface area contributed by atoms with Gasteiger partial charge in [-0.1, -0.05) is 0 Å². The number of nitrogens with zero attached hydrogens (tertiary/aromatic N) is 3. The van der Waals surface area contributed by atoms with Crippen LogP contribution in [0.2, 0.25) is 0 Å². The van der Waals surface area contributed by atoms with Crippen LogP contribution >= 0.6 is 15.9 Å². The van der Waals surface area contributed by atoms with E-state index in [0.717, 1.165) is 44.3 Å². The quantitative estimate of drug-likeness (QED) is 0.662. The van der Waals surface area contributed by atoms with Crippen molar-refractivity contribution in [2.45, 2.75) is 6.42 Å². The molecular formula is C12H15BrN4O2. The van der Waals surface area contributed by atoms with Crippen molar-refractivity contribution < 1.29 is 4.92 Å². The van der Waals surface area contributed by atoms with Crippen LogP contribution in [-0.4, -0.2) is 36.1 Å². The summed E-state index contributed by atoms with van der Waals surface area (Å²) >= 11 is 3.40. The van der Waals surface area contributed by atoms with E-state index in [1.807, 2.05) is 0 Å². The summed E-state index contributed by atoms with van der Waals surface area (Å²) in [5.41, 5.74) is 0.0213. The highest BCUT2D eigenvalue weighted by Gasteiger charge is 2.33. The summed E-state index contributed by atoms with van der Waals surface area (Å²) in [5, 5.41) is 14.1. The van der Waals surface area contributed by atoms with Gasteiger partial charge in [0, 0.05) is 19.2 Å². The van der Waals surface area contributed by atoms with E-state index in [1.165, 1.54) is 12.3 Å². The number of aromatic nitrogens is 1. The summed E-state index contributed by atoms with van der Waals surface area (Å²) in [7, 11) is 0. The summed E-state index contributed by atoms with van der Waals surface area (Å²) in [5.74, 6) is 2.25. The zero-order valence-corrected chi connectivity index (χ0v) is 12.0. The Kier molecular flexibility index (Phi) is 3.40. The maximum Gasteiger partial charge on any atom is 0.288 e. The van der Waals surface area contributed by atoms with Gasteiger partial charge >= 0.3 is 0 Å². The first-order valence-corrected chi connectivity index (χ1v) is 7.20. The van der Waals surface area contributed by atoms with Crippen LogP contribution < -0.4 is 10.2 Å². The largest absolute Gasteiger partial charge is 0.355 e. The topological polar surface area (TPSA) is 71.3 Å². The van der Waals surface area contributed by atoms with Gasteiger partial charge in [-0.15, -0.1) is 0 Å². The summed E-state index contributed by atoms with van der Waals surface area (Å²) in [6.45, 7) is 4.12. The van der Waals surface area contributed by atoms with Crippen molar-refractivity contribution in [3.05, 3.63) is 26.9 Å². The minimum atomic E-state index is -0.422. The number of rotatable bonds is 2. The molecule has 0 bridgehead atoms. The Morgan fingerprint density at radius 3 is 3.00 bits per heavy atom. The number of pyridine rings is 1. The highest BCUT2D eigenvalue weighted by atomic mass is 79.9. The van der Waals surface area contributed by atoms with Crippen molar-refractivity contribution in [2.75, 3.05) is 31.1 Å². The second-order valence-corrected chi connectivity index (χ2v) is 6.02. The van der Waals surface area contributed by atoms with Crippen LogP contribution in [0.25, 0.3) is 0 Å². The molecule has 7 heteroatoms. The average Bonchev–Trinajstić information content (AvgIpc) is 2.85. The second kappa shape index (κ2) is 5.05. The van der Waals surface area contributed by atoms with Gasteiger partial charge in [0.2, 0.25) is 0 Å². The lowest BCUT2D eigenvalue weighted by molar-refractivity contribution is -0.385. The SMILES string of the molecule is O=[N+]([O-])c1cnc(N2CCC3CNCC3C2)c(Br)c1. The van der Waals surface area contributed by atoms with E-state index in [4.69, 9.17) is 0 Å². The Balaban J connectivity index is 1.80. The predicted octanol–water partition coefficient (Wildman–Crippen LogP) is 1.80. The molecular weight excluding hydrogens is 312 g/mol. The monoisotopic (exact) mass is 326 g/mol. The first-order valence-electron chi connectivity index (χ1n) is 6.41. The third-order valence-corrected chi connectivity index (χ3v) is 4.61. The Hall–Kier alpha value is -1.21. The van der Waals surface area contributed by atoms with Crippen molar-refractivity contribution >= 4 is 27.4 Å². The Morgan fingerprint density at radius 1 is 1.47 bits per heavy atom. The molecule has 0 aromatic carbocycles. The second-order valence-electron chi connectivity index (χ2n) is 5.17. The molecule has 0 amide bonds. The van der Waals surface area contributed by atoms with Crippen molar-refractivity contribution in [3.63, 3.8) is 0 Å². The molecule has 19 heavy (non-hydrogen) atoms. The van der Waals surface area contributed by atoms with Crippen LogP contribution in [0.4, 0.5) is 11.5 Å². The lowest BCUT2D eigenvalue weighted by Gasteiger charge is -2.35. The maximum absolute atomic E-state index is 10.7. The fraction of sp³-hybridized carbons (Fsp3) is 0.583. The Labute approximate surface area is 119 Å². The van der Waals surface area contributed by atoms with Gasteiger partial charge in [0.15, 0.2) is 0 Å². The molecule has 1 aromatic heterocycles. The molecule has 2 atom stereocenters. The minimum Gasteiger partial charge on any atom is -0.355 e. The molecule has 2 aliphatic rings. The van der Waals surface area contributed by atoms with Gasteiger partial charge in [0.25, 0.3) is 5.69 Å². The molecule has 0 saturated carbocycles. The molecule has 2 aliphatic heterocycles. The van der Waals surface area contributed by atoms with Gasteiger partial charge in [0.05, 0.1) is 9.40 Å². The number of hydrogen-bond donors (Lipinski definition) is 1. The number of nitrogens with one attached hydrogen (secondary N) is 1. The number of halogens is 1. The van der Waals surface area contributed by atoms with E-state index in [9.17, 15) is 10.1 Å². The molecule has 0 spiro atoms. The van der Waals surface area contributed by atoms with Gasteiger partial charge in [-0.3, -0.25) is 10.1 Å². The van der Waals surface area contributed by atoms with Gasteiger partial charge in [0.1, 0.15) is 12.0 Å². The van der Waals surface area contributed by atoms with Gasteiger partial charge in [-0.25, -0.2) is 4.98 Å². The fourth-order valence-electron chi connectivity index (χ4n) is 2.98. The molecule has 2 saturated heterocycles. The van der Waals surface area contributed by atoms with E-state index < -0.39 is 4.92 Å². The van der Waals surface area contributed by atoms with Crippen molar-refractivity contribution in [1.29, 1.82) is 0 Å². The van der Waals surface area contributed by atoms with E-state index in [-0.39, 0.29) is 5.69 Å². The van der Waals surface area contributed by atoms with Crippen molar-refractivity contribution in [2.24, 2.45) is 11.8 Å². The van der Waals surface area contributed by atoms with Crippen LogP contribution in [0.15, 0.2) is 16.7 Å². The standard InChI is InChI=1S/C12H15BrN4O2/c13-11-3-10(17(18)19)6-15-12(11)16-2-1-8-4-14-5-9(8)7-16/h3,6,8-9,14H,1-2,4-5,7H2. The molecule has 1 N–H and O–H groups in total. The minimum absolute atomic E-state index is 0.0213. The van der Waals surface area contributed by atoms with Crippen LogP contribution in [0, 0.1) is 22.0 Å². The average molecular weight is 327 g/mol. The fourth-order valence-corrected chi connectivity index (χ4v) is 3.57. The third kappa shape index (κ3) is 2.44. The Bertz CT molecular complexity index is 511. The smallest absolute Gasteiger partial charge is 0.288 e. The molecule has 1 aromatic rings. The molecule has 2 fully saturated rings. The normalized spacial score (nSPS) is 26.3.